The number of carboxylic acid groups (broad SMARTS) is 1. The average Bonchev–Trinajstić information content (AvgIpc) is 3.17. The molecular formula is C29H37FN2O7. The van der Waals surface area contributed by atoms with Crippen LogP contribution in [-0.4, -0.2) is 61.1 Å². The van der Waals surface area contributed by atoms with E-state index >= 15 is 4.39 Å². The number of aliphatic carboxylic acids is 1. The average molecular weight is 545 g/mol. The summed E-state index contributed by atoms with van der Waals surface area (Å²) in [5.41, 5.74) is 1.33. The first-order valence-electron chi connectivity index (χ1n) is 13.0. The molecule has 0 amide bonds. The van der Waals surface area contributed by atoms with Crippen molar-refractivity contribution in [1.82, 2.24) is 4.90 Å². The van der Waals surface area contributed by atoms with Crippen molar-refractivity contribution in [2.24, 2.45) is 0 Å². The number of fused-ring (bicyclic) bond motifs is 1. The predicted molar refractivity (Wildman–Crippen MR) is 144 cm³/mol. The Balaban J connectivity index is 1.89. The summed E-state index contributed by atoms with van der Waals surface area (Å²) in [6, 6.07) is 4.99. The van der Waals surface area contributed by atoms with Crippen molar-refractivity contribution in [3.63, 3.8) is 0 Å². The Bertz CT molecular complexity index is 1250. The van der Waals surface area contributed by atoms with Crippen molar-refractivity contribution in [3.8, 4) is 23.0 Å². The molecule has 0 saturated heterocycles. The molecule has 2 aromatic rings. The number of amidine groups is 1. The lowest BCUT2D eigenvalue weighted by Gasteiger charge is -2.26. The lowest BCUT2D eigenvalue weighted by atomic mass is 9.84. The van der Waals surface area contributed by atoms with Gasteiger partial charge in [0.25, 0.3) is 0 Å². The zero-order chi connectivity index (χ0) is 28.9. The topological polar surface area (TPSA) is 118 Å². The Kier molecular flexibility index (Phi) is 9.42. The van der Waals surface area contributed by atoms with Gasteiger partial charge in [-0.15, -0.1) is 0 Å². The van der Waals surface area contributed by atoms with Crippen LogP contribution in [0.4, 0.5) is 4.39 Å². The number of carboxylic acids is 1. The first kappa shape index (κ1) is 29.7. The van der Waals surface area contributed by atoms with Gasteiger partial charge in [-0.25, -0.2) is 4.39 Å². The Hall–Kier alpha value is -3.82. The van der Waals surface area contributed by atoms with Crippen LogP contribution < -0.4 is 18.9 Å². The predicted octanol–water partition coefficient (Wildman–Crippen LogP) is 5.20. The van der Waals surface area contributed by atoms with Gasteiger partial charge in [-0.05, 0) is 49.4 Å². The van der Waals surface area contributed by atoms with E-state index in [1.54, 1.807) is 32.0 Å². The maximum Gasteiger partial charge on any atom is 0.303 e. The van der Waals surface area contributed by atoms with Gasteiger partial charge in [0.05, 0.1) is 39.0 Å². The molecule has 1 heterocycles. The summed E-state index contributed by atoms with van der Waals surface area (Å²) in [6.45, 7) is 10.2. The van der Waals surface area contributed by atoms with Crippen molar-refractivity contribution in [3.05, 3.63) is 46.3 Å². The summed E-state index contributed by atoms with van der Waals surface area (Å²) >= 11 is 0. The van der Waals surface area contributed by atoms with Gasteiger partial charge in [-0.2, -0.15) is 0 Å². The molecule has 0 spiro atoms. The van der Waals surface area contributed by atoms with Gasteiger partial charge in [0, 0.05) is 24.1 Å². The molecule has 3 rings (SSSR count). The Labute approximate surface area is 228 Å². The molecule has 39 heavy (non-hydrogen) atoms. The van der Waals surface area contributed by atoms with E-state index in [4.69, 9.17) is 29.5 Å². The number of halogens is 1. The molecule has 0 radical (unpaired) electrons. The molecule has 1 aliphatic rings. The largest absolute Gasteiger partial charge is 0.493 e. The lowest BCUT2D eigenvalue weighted by Crippen LogP contribution is -2.30. The van der Waals surface area contributed by atoms with Gasteiger partial charge in [-0.3, -0.25) is 15.0 Å². The van der Waals surface area contributed by atoms with Gasteiger partial charge >= 0.3 is 5.97 Å². The fourth-order valence-corrected chi connectivity index (χ4v) is 4.44. The minimum atomic E-state index is -0.903. The lowest BCUT2D eigenvalue weighted by molar-refractivity contribution is -0.137. The van der Waals surface area contributed by atoms with E-state index in [0.29, 0.717) is 35.7 Å². The van der Waals surface area contributed by atoms with Gasteiger partial charge in [0.2, 0.25) is 0 Å². The summed E-state index contributed by atoms with van der Waals surface area (Å²) < 4.78 is 37.9. The van der Waals surface area contributed by atoms with E-state index in [1.165, 1.54) is 12.0 Å². The van der Waals surface area contributed by atoms with Gasteiger partial charge < -0.3 is 29.0 Å². The smallest absolute Gasteiger partial charge is 0.303 e. The molecule has 2 N–H and O–H groups in total. The van der Waals surface area contributed by atoms with Crippen LogP contribution in [0.3, 0.4) is 0 Å². The molecule has 2 aromatic carbocycles. The van der Waals surface area contributed by atoms with Gasteiger partial charge in [0.1, 0.15) is 5.84 Å². The van der Waals surface area contributed by atoms with Crippen molar-refractivity contribution in [2.75, 3.05) is 33.5 Å². The monoisotopic (exact) mass is 544 g/mol. The number of nitrogens with one attached hydrogen (secondary N) is 1. The van der Waals surface area contributed by atoms with E-state index < -0.39 is 17.2 Å². The van der Waals surface area contributed by atoms with Crippen LogP contribution >= 0.6 is 0 Å². The maximum atomic E-state index is 15.4. The van der Waals surface area contributed by atoms with Crippen LogP contribution in [0.2, 0.25) is 0 Å². The highest BCUT2D eigenvalue weighted by Gasteiger charge is 2.33. The number of benzene rings is 2. The molecule has 0 atom stereocenters. The van der Waals surface area contributed by atoms with Crippen LogP contribution in [0.1, 0.15) is 74.5 Å². The fraction of sp³-hybridized carbons (Fsp3) is 0.483. The van der Waals surface area contributed by atoms with Crippen LogP contribution in [0, 0.1) is 11.2 Å². The van der Waals surface area contributed by atoms with Gasteiger partial charge in [-0.1, -0.05) is 20.8 Å². The molecule has 212 valence electrons. The molecule has 0 fully saturated rings. The molecule has 1 aliphatic heterocycles. The molecular weight excluding hydrogens is 507 g/mol. The third-order valence-corrected chi connectivity index (χ3v) is 6.29. The third-order valence-electron chi connectivity index (χ3n) is 6.29. The Morgan fingerprint density at radius 2 is 1.74 bits per heavy atom. The van der Waals surface area contributed by atoms with Gasteiger partial charge in [0.15, 0.2) is 34.6 Å². The summed E-state index contributed by atoms with van der Waals surface area (Å²) in [7, 11) is 1.47. The summed E-state index contributed by atoms with van der Waals surface area (Å²) in [5, 5.41) is 17.5. The number of carbonyl (C=O) groups excluding carboxylic acids is 1. The maximum absolute atomic E-state index is 15.4. The number of Topliss-reactive ketones (excluding diaryl/α,β-unsaturated/α-hetero) is 1. The quantitative estimate of drug-likeness (QED) is 0.261. The number of hydrogen-bond acceptors (Lipinski definition) is 7. The minimum absolute atomic E-state index is 0.0212. The standard InChI is InChI=1S/C29H37FN2O7/c1-7-37-22-14-18-15-32(28(31)24(18)25(30)27(22)38-8-2)16-20(33)17-12-19(29(3,4)5)26(21(13-17)36-6)39-11-9-10-23(34)35/h12-14,31H,7-11,15-16H2,1-6H3,(H,34,35). The fourth-order valence-electron chi connectivity index (χ4n) is 4.44. The Morgan fingerprint density at radius 3 is 2.33 bits per heavy atom. The molecule has 9 nitrogen and oxygen atoms in total. The molecule has 0 saturated carbocycles. The highest BCUT2D eigenvalue weighted by molar-refractivity contribution is 6.06. The number of nitrogens with zero attached hydrogens (tertiary/aromatic N) is 1. The van der Waals surface area contributed by atoms with E-state index in [-0.39, 0.29) is 61.4 Å². The van der Waals surface area contributed by atoms with E-state index in [0.717, 1.165) is 5.56 Å². The van der Waals surface area contributed by atoms with Crippen molar-refractivity contribution in [1.29, 1.82) is 5.41 Å². The number of ether oxygens (including phenoxy) is 4. The first-order valence-corrected chi connectivity index (χ1v) is 13.0. The molecule has 0 unspecified atom stereocenters. The zero-order valence-corrected chi connectivity index (χ0v) is 23.4. The van der Waals surface area contributed by atoms with Crippen molar-refractivity contribution < 1.29 is 38.0 Å². The third kappa shape index (κ3) is 6.61. The minimum Gasteiger partial charge on any atom is -0.493 e. The summed E-state index contributed by atoms with van der Waals surface area (Å²) in [6.07, 6.45) is 0.305. The summed E-state index contributed by atoms with van der Waals surface area (Å²) in [4.78, 5) is 25.8. The number of rotatable bonds is 13. The normalized spacial score (nSPS) is 12.8. The molecule has 0 bridgehead atoms. The second kappa shape index (κ2) is 12.4. The van der Waals surface area contributed by atoms with E-state index in [9.17, 15) is 9.59 Å². The van der Waals surface area contributed by atoms with E-state index in [2.05, 4.69) is 0 Å². The number of hydrogen-bond donors (Lipinski definition) is 2. The van der Waals surface area contributed by atoms with Crippen LogP contribution in [-0.2, 0) is 16.8 Å². The summed E-state index contributed by atoms with van der Waals surface area (Å²) in [5.74, 6) is -0.883. The number of ketones is 1. The molecule has 0 aromatic heterocycles. The van der Waals surface area contributed by atoms with Crippen LogP contribution in [0.5, 0.6) is 23.0 Å². The first-order chi connectivity index (χ1) is 18.4. The highest BCUT2D eigenvalue weighted by Crippen LogP contribution is 2.41. The molecule has 10 heteroatoms. The second-order valence-corrected chi connectivity index (χ2v) is 10.2. The second-order valence-electron chi connectivity index (χ2n) is 10.2. The number of carbonyl (C=O) groups is 2. The Morgan fingerprint density at radius 1 is 1.05 bits per heavy atom. The van der Waals surface area contributed by atoms with E-state index in [1.807, 2.05) is 20.8 Å². The SMILES string of the molecule is CCOc1cc2c(c(F)c1OCC)C(=N)N(CC(=O)c1cc(OC)c(OCCCC(=O)O)c(C(C)(C)C)c1)C2. The van der Waals surface area contributed by atoms with Crippen LogP contribution in [0.15, 0.2) is 18.2 Å². The number of methoxy groups -OCH3 is 1. The van der Waals surface area contributed by atoms with Crippen molar-refractivity contribution >= 4 is 17.6 Å². The van der Waals surface area contributed by atoms with Crippen molar-refractivity contribution in [2.45, 2.75) is 59.4 Å². The molecule has 0 aliphatic carbocycles. The zero-order valence-electron chi connectivity index (χ0n) is 23.4. The highest BCUT2D eigenvalue weighted by atomic mass is 19.1. The van der Waals surface area contributed by atoms with Crippen LogP contribution in [0.25, 0.3) is 0 Å².